The summed E-state index contributed by atoms with van der Waals surface area (Å²) in [4.78, 5) is 17.3. The summed E-state index contributed by atoms with van der Waals surface area (Å²) in [5.74, 6) is -0.152. The molecule has 0 aliphatic rings. The molecule has 0 saturated carbocycles. The van der Waals surface area contributed by atoms with Gasteiger partial charge in [-0.3, -0.25) is 14.5 Å². The van der Waals surface area contributed by atoms with E-state index in [1.807, 2.05) is 43.6 Å². The van der Waals surface area contributed by atoms with Gasteiger partial charge in [-0.1, -0.05) is 25.1 Å². The summed E-state index contributed by atoms with van der Waals surface area (Å²) in [6.45, 7) is 2.05. The zero-order chi connectivity index (χ0) is 16.4. The van der Waals surface area contributed by atoms with Crippen molar-refractivity contribution < 1.29 is 4.79 Å². The number of pyridine rings is 1. The van der Waals surface area contributed by atoms with Crippen molar-refractivity contribution in [2.45, 2.75) is 18.4 Å². The summed E-state index contributed by atoms with van der Waals surface area (Å²) >= 11 is 1.51. The molecule has 5 nitrogen and oxygen atoms in total. The standard InChI is InChI=1S/C17H18N4OS/c1-4-11-9-15(12-7-5-6-8-14(12)19-11)20-16(22)13-10-18-21(2)17(13)23-3/h5-10H,4H2,1-3H3,(H,19,20,22). The van der Waals surface area contributed by atoms with Gasteiger partial charge in [0.05, 0.1) is 23.0 Å². The predicted octanol–water partition coefficient (Wildman–Crippen LogP) is 3.50. The van der Waals surface area contributed by atoms with Crippen molar-refractivity contribution in [3.8, 4) is 0 Å². The predicted molar refractivity (Wildman–Crippen MR) is 94.1 cm³/mol. The van der Waals surface area contributed by atoms with Crippen LogP contribution in [0.2, 0.25) is 0 Å². The first-order valence-corrected chi connectivity index (χ1v) is 8.62. The van der Waals surface area contributed by atoms with Crippen LogP contribution in [-0.4, -0.2) is 26.9 Å². The van der Waals surface area contributed by atoms with Crippen LogP contribution in [0, 0.1) is 0 Å². The van der Waals surface area contributed by atoms with E-state index in [0.29, 0.717) is 5.56 Å². The second-order valence-corrected chi connectivity index (χ2v) is 5.97. The Hall–Kier alpha value is -2.34. The number of carbonyl (C=O) groups excluding carboxylic acids is 1. The summed E-state index contributed by atoms with van der Waals surface area (Å²) in [6, 6.07) is 9.77. The zero-order valence-electron chi connectivity index (χ0n) is 13.3. The van der Waals surface area contributed by atoms with Crippen LogP contribution >= 0.6 is 11.8 Å². The maximum Gasteiger partial charge on any atom is 0.260 e. The first-order chi connectivity index (χ1) is 11.1. The van der Waals surface area contributed by atoms with Crippen LogP contribution in [0.5, 0.6) is 0 Å². The third-order valence-corrected chi connectivity index (χ3v) is 4.57. The third-order valence-electron chi connectivity index (χ3n) is 3.70. The van der Waals surface area contributed by atoms with Crippen molar-refractivity contribution in [2.75, 3.05) is 11.6 Å². The first kappa shape index (κ1) is 15.6. The van der Waals surface area contributed by atoms with Crippen molar-refractivity contribution >= 4 is 34.3 Å². The molecule has 0 aliphatic heterocycles. The van der Waals surface area contributed by atoms with Gasteiger partial charge in [-0.2, -0.15) is 5.10 Å². The van der Waals surface area contributed by atoms with Gasteiger partial charge < -0.3 is 5.32 Å². The molecule has 0 saturated heterocycles. The smallest absolute Gasteiger partial charge is 0.260 e. The molecule has 23 heavy (non-hydrogen) atoms. The van der Waals surface area contributed by atoms with Gasteiger partial charge in [0.25, 0.3) is 5.91 Å². The summed E-state index contributed by atoms with van der Waals surface area (Å²) in [5.41, 5.74) is 3.21. The monoisotopic (exact) mass is 326 g/mol. The van der Waals surface area contributed by atoms with Gasteiger partial charge in [-0.15, -0.1) is 11.8 Å². The van der Waals surface area contributed by atoms with Crippen LogP contribution in [-0.2, 0) is 13.5 Å². The quantitative estimate of drug-likeness (QED) is 0.745. The zero-order valence-corrected chi connectivity index (χ0v) is 14.1. The molecule has 3 aromatic rings. The molecule has 2 heterocycles. The number of aryl methyl sites for hydroxylation is 2. The lowest BCUT2D eigenvalue weighted by molar-refractivity contribution is 0.102. The minimum absolute atomic E-state index is 0.152. The number of anilines is 1. The van der Waals surface area contributed by atoms with E-state index in [1.54, 1.807) is 10.9 Å². The molecular weight excluding hydrogens is 308 g/mol. The number of nitrogens with zero attached hydrogens (tertiary/aromatic N) is 3. The second-order valence-electron chi connectivity index (χ2n) is 5.18. The first-order valence-electron chi connectivity index (χ1n) is 7.40. The van der Waals surface area contributed by atoms with E-state index in [-0.39, 0.29) is 5.91 Å². The number of carbonyl (C=O) groups is 1. The molecule has 3 rings (SSSR count). The highest BCUT2D eigenvalue weighted by Crippen LogP contribution is 2.25. The highest BCUT2D eigenvalue weighted by molar-refractivity contribution is 7.98. The molecule has 0 atom stereocenters. The van der Waals surface area contributed by atoms with Crippen LogP contribution in [0.15, 0.2) is 41.6 Å². The van der Waals surface area contributed by atoms with Crippen LogP contribution in [0.4, 0.5) is 5.69 Å². The molecule has 0 aliphatic carbocycles. The Morgan fingerprint density at radius 3 is 2.87 bits per heavy atom. The molecule has 118 valence electrons. The second kappa shape index (κ2) is 6.42. The number of amides is 1. The molecule has 6 heteroatoms. The van der Waals surface area contributed by atoms with E-state index in [4.69, 9.17) is 0 Å². The van der Waals surface area contributed by atoms with Crippen LogP contribution in [0.25, 0.3) is 10.9 Å². The van der Waals surface area contributed by atoms with E-state index < -0.39 is 0 Å². The molecule has 1 amide bonds. The highest BCUT2D eigenvalue weighted by atomic mass is 32.2. The van der Waals surface area contributed by atoms with Gasteiger partial charge in [0.1, 0.15) is 5.03 Å². The van der Waals surface area contributed by atoms with E-state index in [1.165, 1.54) is 11.8 Å². The van der Waals surface area contributed by atoms with Crippen molar-refractivity contribution in [1.82, 2.24) is 14.8 Å². The normalized spacial score (nSPS) is 10.9. The maximum absolute atomic E-state index is 12.7. The van der Waals surface area contributed by atoms with Gasteiger partial charge in [0.15, 0.2) is 0 Å². The van der Waals surface area contributed by atoms with Crippen LogP contribution in [0.1, 0.15) is 23.0 Å². The number of hydrogen-bond donors (Lipinski definition) is 1. The Labute approximate surface area is 139 Å². The fourth-order valence-corrected chi connectivity index (χ4v) is 3.21. The Kier molecular flexibility index (Phi) is 4.34. The summed E-state index contributed by atoms with van der Waals surface area (Å²) < 4.78 is 1.71. The summed E-state index contributed by atoms with van der Waals surface area (Å²) in [6.07, 6.45) is 4.35. The Balaban J connectivity index is 2.02. The largest absolute Gasteiger partial charge is 0.321 e. The average molecular weight is 326 g/mol. The minimum Gasteiger partial charge on any atom is -0.321 e. The minimum atomic E-state index is -0.152. The number of fused-ring (bicyclic) bond motifs is 1. The van der Waals surface area contributed by atoms with E-state index >= 15 is 0 Å². The van der Waals surface area contributed by atoms with E-state index in [9.17, 15) is 4.79 Å². The van der Waals surface area contributed by atoms with Crippen LogP contribution < -0.4 is 5.32 Å². The molecule has 0 fully saturated rings. The SMILES string of the molecule is CCc1cc(NC(=O)c2cnn(C)c2SC)c2ccccc2n1. The van der Waals surface area contributed by atoms with E-state index in [2.05, 4.69) is 22.3 Å². The average Bonchev–Trinajstić information content (AvgIpc) is 2.95. The van der Waals surface area contributed by atoms with Crippen molar-refractivity contribution in [1.29, 1.82) is 0 Å². The van der Waals surface area contributed by atoms with E-state index in [0.717, 1.165) is 33.7 Å². The molecule has 1 N–H and O–H groups in total. The topological polar surface area (TPSA) is 59.8 Å². The molecular formula is C17H18N4OS. The van der Waals surface area contributed by atoms with Gasteiger partial charge in [0.2, 0.25) is 0 Å². The molecule has 0 unspecified atom stereocenters. The number of aromatic nitrogens is 3. The lowest BCUT2D eigenvalue weighted by Gasteiger charge is -2.10. The third kappa shape index (κ3) is 2.94. The molecule has 1 aromatic carbocycles. The molecule has 2 aromatic heterocycles. The number of thioether (sulfide) groups is 1. The lowest BCUT2D eigenvalue weighted by atomic mass is 10.1. The van der Waals surface area contributed by atoms with Gasteiger partial charge in [-0.25, -0.2) is 0 Å². The van der Waals surface area contributed by atoms with Gasteiger partial charge in [-0.05, 0) is 24.8 Å². The lowest BCUT2D eigenvalue weighted by Crippen LogP contribution is -2.13. The fourth-order valence-electron chi connectivity index (χ4n) is 2.53. The molecule has 0 spiro atoms. The molecule has 0 bridgehead atoms. The number of rotatable bonds is 4. The van der Waals surface area contributed by atoms with Crippen LogP contribution in [0.3, 0.4) is 0 Å². The number of para-hydroxylation sites is 1. The van der Waals surface area contributed by atoms with Crippen molar-refractivity contribution in [3.05, 3.63) is 47.8 Å². The maximum atomic E-state index is 12.7. The Morgan fingerprint density at radius 2 is 2.13 bits per heavy atom. The number of nitrogens with one attached hydrogen (secondary N) is 1. The summed E-state index contributed by atoms with van der Waals surface area (Å²) in [5, 5.41) is 8.97. The highest BCUT2D eigenvalue weighted by Gasteiger charge is 2.17. The fraction of sp³-hybridized carbons (Fsp3) is 0.235. The van der Waals surface area contributed by atoms with Crippen molar-refractivity contribution in [2.24, 2.45) is 7.05 Å². The Bertz CT molecular complexity index is 872. The summed E-state index contributed by atoms with van der Waals surface area (Å²) in [7, 11) is 1.83. The van der Waals surface area contributed by atoms with Gasteiger partial charge >= 0.3 is 0 Å². The molecule has 0 radical (unpaired) electrons. The number of hydrogen-bond acceptors (Lipinski definition) is 4. The van der Waals surface area contributed by atoms with Gasteiger partial charge in [0, 0.05) is 18.1 Å². The van der Waals surface area contributed by atoms with Crippen molar-refractivity contribution in [3.63, 3.8) is 0 Å². The Morgan fingerprint density at radius 1 is 1.35 bits per heavy atom. The number of benzene rings is 1.